The molecule has 2 aromatic rings. The van der Waals surface area contributed by atoms with Crippen LogP contribution in [-0.2, 0) is 0 Å². The topological polar surface area (TPSA) is 75.6 Å². The van der Waals surface area contributed by atoms with Gasteiger partial charge in [0, 0.05) is 30.9 Å². The lowest BCUT2D eigenvalue weighted by Gasteiger charge is -2.11. The van der Waals surface area contributed by atoms with Gasteiger partial charge in [0.05, 0.1) is 5.69 Å². The third-order valence-electron chi connectivity index (χ3n) is 3.14. The van der Waals surface area contributed by atoms with Crippen LogP contribution in [0.15, 0.2) is 24.5 Å². The van der Waals surface area contributed by atoms with Crippen LogP contribution in [0, 0.1) is 6.92 Å². The number of nitrogens with one attached hydrogen (secondary N) is 2. The molecule has 3 rings (SSSR count). The summed E-state index contributed by atoms with van der Waals surface area (Å²) >= 11 is 0. The Morgan fingerprint density at radius 2 is 2.11 bits per heavy atom. The Bertz CT molecular complexity index is 550. The van der Waals surface area contributed by atoms with Crippen molar-refractivity contribution in [2.45, 2.75) is 19.3 Å². The maximum Gasteiger partial charge on any atom is 0.228 e. The molecule has 98 valence electrons. The molecule has 19 heavy (non-hydrogen) atoms. The van der Waals surface area contributed by atoms with E-state index < -0.39 is 0 Å². The van der Waals surface area contributed by atoms with E-state index >= 15 is 0 Å². The van der Waals surface area contributed by atoms with E-state index in [1.165, 1.54) is 0 Å². The van der Waals surface area contributed by atoms with Crippen molar-refractivity contribution in [1.82, 2.24) is 25.3 Å². The van der Waals surface area contributed by atoms with Crippen molar-refractivity contribution in [2.75, 3.05) is 18.4 Å². The summed E-state index contributed by atoms with van der Waals surface area (Å²) in [7, 11) is 0. The third-order valence-corrected chi connectivity index (χ3v) is 3.14. The minimum absolute atomic E-state index is 0.471. The van der Waals surface area contributed by atoms with Gasteiger partial charge in [0.1, 0.15) is 11.6 Å². The number of anilines is 2. The summed E-state index contributed by atoms with van der Waals surface area (Å²) in [6.07, 6.45) is 4.52. The molecule has 1 saturated heterocycles. The smallest absolute Gasteiger partial charge is 0.228 e. The summed E-state index contributed by atoms with van der Waals surface area (Å²) in [5.41, 5.74) is 1.08. The molecule has 1 atom stereocenters. The van der Waals surface area contributed by atoms with Crippen LogP contribution in [0.2, 0.25) is 0 Å². The number of hydrogen-bond donors (Lipinski definition) is 2. The summed E-state index contributed by atoms with van der Waals surface area (Å²) in [6, 6.07) is 3.77. The molecule has 1 fully saturated rings. The van der Waals surface area contributed by atoms with E-state index in [0.29, 0.717) is 11.9 Å². The van der Waals surface area contributed by atoms with Crippen molar-refractivity contribution < 1.29 is 0 Å². The Balaban J connectivity index is 1.85. The number of rotatable bonds is 3. The quantitative estimate of drug-likeness (QED) is 0.864. The first-order valence-corrected chi connectivity index (χ1v) is 6.41. The molecule has 0 spiro atoms. The molecule has 0 radical (unpaired) electrons. The first-order valence-electron chi connectivity index (χ1n) is 6.41. The number of aromatic nitrogens is 4. The van der Waals surface area contributed by atoms with E-state index in [1.54, 1.807) is 18.5 Å². The van der Waals surface area contributed by atoms with E-state index in [0.717, 1.165) is 36.8 Å². The summed E-state index contributed by atoms with van der Waals surface area (Å²) in [6.45, 7) is 3.94. The van der Waals surface area contributed by atoms with Crippen molar-refractivity contribution in [3.63, 3.8) is 0 Å². The summed E-state index contributed by atoms with van der Waals surface area (Å²) in [5.74, 6) is 2.54. The molecule has 0 saturated carbocycles. The average Bonchev–Trinajstić information content (AvgIpc) is 2.93. The van der Waals surface area contributed by atoms with Crippen LogP contribution in [0.4, 0.5) is 11.8 Å². The van der Waals surface area contributed by atoms with Crippen molar-refractivity contribution in [2.24, 2.45) is 0 Å². The first-order chi connectivity index (χ1) is 9.31. The maximum absolute atomic E-state index is 4.53. The van der Waals surface area contributed by atoms with Gasteiger partial charge < -0.3 is 10.6 Å². The number of hydrogen-bond acceptors (Lipinski definition) is 6. The molecule has 6 heteroatoms. The van der Waals surface area contributed by atoms with Gasteiger partial charge in [0.25, 0.3) is 0 Å². The molecule has 2 N–H and O–H groups in total. The summed E-state index contributed by atoms with van der Waals surface area (Å²) < 4.78 is 0. The fraction of sp³-hybridized carbons (Fsp3) is 0.385. The van der Waals surface area contributed by atoms with E-state index in [9.17, 15) is 0 Å². The highest BCUT2D eigenvalue weighted by Crippen LogP contribution is 2.23. The molecular weight excluding hydrogens is 240 g/mol. The van der Waals surface area contributed by atoms with Gasteiger partial charge in [-0.2, -0.15) is 0 Å². The van der Waals surface area contributed by atoms with Gasteiger partial charge in [-0.15, -0.1) is 0 Å². The van der Waals surface area contributed by atoms with Crippen LogP contribution in [0.3, 0.4) is 0 Å². The SMILES string of the molecule is Cc1nc(Nc2ncccn2)cc(C2CCNC2)n1. The lowest BCUT2D eigenvalue weighted by molar-refractivity contribution is 0.725. The highest BCUT2D eigenvalue weighted by molar-refractivity contribution is 5.48. The zero-order valence-electron chi connectivity index (χ0n) is 10.8. The minimum atomic E-state index is 0.471. The Morgan fingerprint density at radius 3 is 2.84 bits per heavy atom. The first kappa shape index (κ1) is 12.0. The molecule has 0 aliphatic carbocycles. The lowest BCUT2D eigenvalue weighted by atomic mass is 10.0. The predicted molar refractivity (Wildman–Crippen MR) is 72.3 cm³/mol. The zero-order chi connectivity index (χ0) is 13.1. The Kier molecular flexibility index (Phi) is 3.33. The fourth-order valence-corrected chi connectivity index (χ4v) is 2.25. The molecule has 1 unspecified atom stereocenters. The van der Waals surface area contributed by atoms with E-state index in [4.69, 9.17) is 0 Å². The van der Waals surface area contributed by atoms with Gasteiger partial charge >= 0.3 is 0 Å². The van der Waals surface area contributed by atoms with Gasteiger partial charge in [0.2, 0.25) is 5.95 Å². The summed E-state index contributed by atoms with van der Waals surface area (Å²) in [4.78, 5) is 17.2. The van der Waals surface area contributed by atoms with Crippen LogP contribution < -0.4 is 10.6 Å². The van der Waals surface area contributed by atoms with Gasteiger partial charge in [-0.05, 0) is 26.0 Å². The summed E-state index contributed by atoms with van der Waals surface area (Å²) in [5, 5.41) is 6.47. The second kappa shape index (κ2) is 5.27. The molecule has 3 heterocycles. The van der Waals surface area contributed by atoms with E-state index in [1.807, 2.05) is 13.0 Å². The molecule has 0 bridgehead atoms. The standard InChI is InChI=1S/C13H16N6/c1-9-17-11(10-3-6-14-8-10)7-12(18-9)19-13-15-4-2-5-16-13/h2,4-5,7,10,14H,3,6,8H2,1H3,(H,15,16,17,18,19). The lowest BCUT2D eigenvalue weighted by Crippen LogP contribution is -2.10. The van der Waals surface area contributed by atoms with E-state index in [-0.39, 0.29) is 0 Å². The second-order valence-electron chi connectivity index (χ2n) is 4.61. The second-order valence-corrected chi connectivity index (χ2v) is 4.61. The number of aryl methyl sites for hydroxylation is 1. The van der Waals surface area contributed by atoms with Crippen LogP contribution in [-0.4, -0.2) is 33.0 Å². The van der Waals surface area contributed by atoms with Crippen LogP contribution >= 0.6 is 0 Å². The monoisotopic (exact) mass is 256 g/mol. The van der Waals surface area contributed by atoms with Crippen LogP contribution in [0.5, 0.6) is 0 Å². The molecule has 6 nitrogen and oxygen atoms in total. The van der Waals surface area contributed by atoms with Crippen molar-refractivity contribution in [1.29, 1.82) is 0 Å². The Hall–Kier alpha value is -2.08. The highest BCUT2D eigenvalue weighted by atomic mass is 15.1. The molecule has 1 aliphatic heterocycles. The average molecular weight is 256 g/mol. The molecular formula is C13H16N6. The minimum Gasteiger partial charge on any atom is -0.316 e. The molecule has 0 aromatic carbocycles. The Labute approximate surface area is 111 Å². The Morgan fingerprint density at radius 1 is 1.26 bits per heavy atom. The maximum atomic E-state index is 4.53. The van der Waals surface area contributed by atoms with Crippen molar-refractivity contribution >= 4 is 11.8 Å². The van der Waals surface area contributed by atoms with Gasteiger partial charge in [-0.1, -0.05) is 0 Å². The largest absolute Gasteiger partial charge is 0.316 e. The normalized spacial score (nSPS) is 18.5. The van der Waals surface area contributed by atoms with Crippen molar-refractivity contribution in [3.8, 4) is 0 Å². The predicted octanol–water partition coefficient (Wildman–Crippen LogP) is 1.40. The van der Waals surface area contributed by atoms with Crippen LogP contribution in [0.1, 0.15) is 23.9 Å². The van der Waals surface area contributed by atoms with Gasteiger partial charge in [-0.25, -0.2) is 19.9 Å². The third kappa shape index (κ3) is 2.85. The molecule has 2 aromatic heterocycles. The van der Waals surface area contributed by atoms with Gasteiger partial charge in [0.15, 0.2) is 0 Å². The molecule has 1 aliphatic rings. The van der Waals surface area contributed by atoms with E-state index in [2.05, 4.69) is 30.6 Å². The highest BCUT2D eigenvalue weighted by Gasteiger charge is 2.19. The van der Waals surface area contributed by atoms with Gasteiger partial charge in [-0.3, -0.25) is 0 Å². The molecule has 0 amide bonds. The van der Waals surface area contributed by atoms with Crippen molar-refractivity contribution in [3.05, 3.63) is 36.0 Å². The number of nitrogens with zero attached hydrogens (tertiary/aromatic N) is 4. The zero-order valence-corrected chi connectivity index (χ0v) is 10.8. The van der Waals surface area contributed by atoms with Crippen LogP contribution in [0.25, 0.3) is 0 Å². The fourth-order valence-electron chi connectivity index (χ4n) is 2.25.